The third kappa shape index (κ3) is 55.3. The second kappa shape index (κ2) is 51.9. The number of ether oxygens (including phenoxy) is 2. The van der Waals surface area contributed by atoms with Crippen LogP contribution in [-0.2, 0) is 32.7 Å². The molecule has 0 spiro atoms. The number of rotatable bonds is 54. The summed E-state index contributed by atoms with van der Waals surface area (Å²) in [6, 6.07) is 0. The number of esters is 2. The van der Waals surface area contributed by atoms with Crippen LogP contribution in [0.15, 0.2) is 48.6 Å². The molecule has 0 aliphatic rings. The standard InChI is InChI=1S/C60H112NO8P/c1-6-8-10-12-14-16-18-20-22-23-24-25-26-27-28-29-30-31-32-33-34-35-36-37-39-40-42-44-46-48-50-52-59(62)66-56-58(57-68-70(64,65)67-55-54-61(3,4)5)69-60(63)53-51-49-47-45-43-41-38-21-19-17-15-13-11-9-7-2/h9,11,15,17,21,23-24,38,58H,6-8,10,12-14,16,18-20,22,25-37,39-57H2,1-5H3/b11-9-,17-15-,24-23-,38-21-. The number of phosphoric ester groups is 1. The lowest BCUT2D eigenvalue weighted by molar-refractivity contribution is -0.870. The monoisotopic (exact) mass is 1010 g/mol. The van der Waals surface area contributed by atoms with E-state index in [1.54, 1.807) is 0 Å². The van der Waals surface area contributed by atoms with Crippen molar-refractivity contribution in [3.05, 3.63) is 48.6 Å². The Morgan fingerprint density at radius 2 is 0.814 bits per heavy atom. The molecule has 2 atom stereocenters. The van der Waals surface area contributed by atoms with Crippen LogP contribution in [0.25, 0.3) is 0 Å². The van der Waals surface area contributed by atoms with Gasteiger partial charge in [-0.25, -0.2) is 0 Å². The highest BCUT2D eigenvalue weighted by atomic mass is 31.2. The zero-order valence-corrected chi connectivity index (χ0v) is 47.4. The molecule has 410 valence electrons. The fourth-order valence-corrected chi connectivity index (χ4v) is 9.04. The van der Waals surface area contributed by atoms with Gasteiger partial charge in [0.2, 0.25) is 0 Å². The third-order valence-corrected chi connectivity index (χ3v) is 13.8. The maximum Gasteiger partial charge on any atom is 0.306 e. The molecular formula is C60H112NO8P. The highest BCUT2D eigenvalue weighted by molar-refractivity contribution is 7.45. The van der Waals surface area contributed by atoms with E-state index in [1.807, 2.05) is 21.1 Å². The Kier molecular flexibility index (Phi) is 50.4. The molecule has 0 aromatic carbocycles. The molecule has 2 unspecified atom stereocenters. The van der Waals surface area contributed by atoms with Crippen LogP contribution >= 0.6 is 7.82 Å². The van der Waals surface area contributed by atoms with Gasteiger partial charge in [0.05, 0.1) is 27.7 Å². The van der Waals surface area contributed by atoms with Crippen molar-refractivity contribution in [3.8, 4) is 0 Å². The van der Waals surface area contributed by atoms with E-state index in [9.17, 15) is 19.0 Å². The number of carbonyl (C=O) groups excluding carboxylic acids is 2. The van der Waals surface area contributed by atoms with Crippen LogP contribution in [0.2, 0.25) is 0 Å². The maximum absolute atomic E-state index is 12.7. The number of nitrogens with zero attached hydrogens (tertiary/aromatic N) is 1. The minimum atomic E-state index is -4.64. The highest BCUT2D eigenvalue weighted by Gasteiger charge is 2.22. The van der Waals surface area contributed by atoms with Crippen molar-refractivity contribution in [1.82, 2.24) is 0 Å². The first kappa shape index (κ1) is 68.0. The molecule has 0 saturated carbocycles. The summed E-state index contributed by atoms with van der Waals surface area (Å²) in [7, 11) is 1.16. The van der Waals surface area contributed by atoms with E-state index in [2.05, 4.69) is 62.5 Å². The largest absolute Gasteiger partial charge is 0.756 e. The van der Waals surface area contributed by atoms with Gasteiger partial charge in [-0.3, -0.25) is 14.2 Å². The zero-order chi connectivity index (χ0) is 51.3. The molecule has 0 N–H and O–H groups in total. The van der Waals surface area contributed by atoms with Gasteiger partial charge in [0.25, 0.3) is 7.82 Å². The predicted octanol–water partition coefficient (Wildman–Crippen LogP) is 17.5. The van der Waals surface area contributed by atoms with Gasteiger partial charge in [-0.15, -0.1) is 0 Å². The second-order valence-electron chi connectivity index (χ2n) is 21.0. The summed E-state index contributed by atoms with van der Waals surface area (Å²) in [5, 5.41) is 0. The number of unbranched alkanes of at least 4 members (excludes halogenated alkanes) is 32. The minimum Gasteiger partial charge on any atom is -0.756 e. The molecule has 9 nitrogen and oxygen atoms in total. The number of allylic oxidation sites excluding steroid dienone is 8. The molecule has 0 saturated heterocycles. The summed E-state index contributed by atoms with van der Waals surface area (Å²) in [4.78, 5) is 37.8. The maximum atomic E-state index is 12.7. The average Bonchev–Trinajstić information content (AvgIpc) is 3.32. The third-order valence-electron chi connectivity index (χ3n) is 12.8. The second-order valence-corrected chi connectivity index (χ2v) is 22.4. The number of hydrogen-bond donors (Lipinski definition) is 0. The topological polar surface area (TPSA) is 111 Å². The molecule has 0 heterocycles. The van der Waals surface area contributed by atoms with Crippen molar-refractivity contribution in [3.63, 3.8) is 0 Å². The number of carbonyl (C=O) groups is 2. The summed E-state index contributed by atoms with van der Waals surface area (Å²) in [6.07, 6.45) is 64.7. The summed E-state index contributed by atoms with van der Waals surface area (Å²) < 4.78 is 34.1. The smallest absolute Gasteiger partial charge is 0.306 e. The Morgan fingerprint density at radius 3 is 1.23 bits per heavy atom. The Bertz CT molecular complexity index is 1320. The summed E-state index contributed by atoms with van der Waals surface area (Å²) in [5.74, 6) is -0.845. The molecule has 70 heavy (non-hydrogen) atoms. The van der Waals surface area contributed by atoms with E-state index >= 15 is 0 Å². The summed E-state index contributed by atoms with van der Waals surface area (Å²) >= 11 is 0. The van der Waals surface area contributed by atoms with E-state index in [-0.39, 0.29) is 32.0 Å². The van der Waals surface area contributed by atoms with Gasteiger partial charge >= 0.3 is 11.9 Å². The van der Waals surface area contributed by atoms with Crippen LogP contribution in [0.4, 0.5) is 0 Å². The van der Waals surface area contributed by atoms with Crippen molar-refractivity contribution in [2.45, 2.75) is 277 Å². The number of likely N-dealkylation sites (N-methyl/N-ethyl adjacent to an activating group) is 1. The van der Waals surface area contributed by atoms with Gasteiger partial charge in [-0.05, 0) is 70.6 Å². The van der Waals surface area contributed by atoms with Crippen LogP contribution in [0.3, 0.4) is 0 Å². The van der Waals surface area contributed by atoms with E-state index in [0.29, 0.717) is 17.4 Å². The molecule has 0 radical (unpaired) electrons. The molecule has 0 fully saturated rings. The van der Waals surface area contributed by atoms with E-state index in [0.717, 1.165) is 70.6 Å². The van der Waals surface area contributed by atoms with Crippen LogP contribution in [-0.4, -0.2) is 70.0 Å². The van der Waals surface area contributed by atoms with Crippen molar-refractivity contribution >= 4 is 19.8 Å². The molecule has 0 aromatic rings. The van der Waals surface area contributed by atoms with Gasteiger partial charge in [0.1, 0.15) is 19.8 Å². The normalized spacial score (nSPS) is 13.6. The van der Waals surface area contributed by atoms with Crippen molar-refractivity contribution in [2.75, 3.05) is 47.5 Å². The molecule has 10 heteroatoms. The summed E-state index contributed by atoms with van der Waals surface area (Å²) in [5.41, 5.74) is 0. The van der Waals surface area contributed by atoms with Gasteiger partial charge in [-0.1, -0.05) is 236 Å². The molecule has 0 amide bonds. The quantitative estimate of drug-likeness (QED) is 0.0195. The van der Waals surface area contributed by atoms with Crippen LogP contribution in [0.5, 0.6) is 0 Å². The van der Waals surface area contributed by atoms with Crippen molar-refractivity contribution in [2.24, 2.45) is 0 Å². The van der Waals surface area contributed by atoms with E-state index in [4.69, 9.17) is 18.5 Å². The van der Waals surface area contributed by atoms with Crippen molar-refractivity contribution in [1.29, 1.82) is 0 Å². The molecule has 0 aliphatic carbocycles. The Balaban J connectivity index is 4.02. The minimum absolute atomic E-state index is 0.0345. The molecular weight excluding hydrogens is 894 g/mol. The van der Waals surface area contributed by atoms with Crippen LogP contribution < -0.4 is 4.89 Å². The van der Waals surface area contributed by atoms with Crippen molar-refractivity contribution < 1.29 is 42.1 Å². The van der Waals surface area contributed by atoms with Crippen LogP contribution in [0, 0.1) is 0 Å². The molecule has 0 rings (SSSR count). The van der Waals surface area contributed by atoms with Gasteiger partial charge in [-0.2, -0.15) is 0 Å². The Hall–Kier alpha value is -2.03. The first-order chi connectivity index (χ1) is 34.0. The fraction of sp³-hybridized carbons (Fsp3) is 0.833. The Morgan fingerprint density at radius 1 is 0.457 bits per heavy atom. The van der Waals surface area contributed by atoms with E-state index < -0.39 is 26.5 Å². The molecule has 0 aliphatic heterocycles. The van der Waals surface area contributed by atoms with E-state index in [1.165, 1.54) is 167 Å². The first-order valence-corrected chi connectivity index (χ1v) is 30.8. The lowest BCUT2D eigenvalue weighted by Gasteiger charge is -2.28. The number of phosphoric acid groups is 1. The average molecular weight is 1010 g/mol. The molecule has 0 bridgehead atoms. The van der Waals surface area contributed by atoms with Gasteiger partial charge < -0.3 is 27.9 Å². The lowest BCUT2D eigenvalue weighted by Crippen LogP contribution is -2.37. The number of hydrogen-bond acceptors (Lipinski definition) is 8. The zero-order valence-electron chi connectivity index (χ0n) is 46.5. The fourth-order valence-electron chi connectivity index (χ4n) is 8.31. The Labute approximate surface area is 433 Å². The van der Waals surface area contributed by atoms with Gasteiger partial charge in [0, 0.05) is 12.8 Å². The van der Waals surface area contributed by atoms with Crippen LogP contribution in [0.1, 0.15) is 271 Å². The predicted molar refractivity (Wildman–Crippen MR) is 296 cm³/mol. The lowest BCUT2D eigenvalue weighted by atomic mass is 10.0. The SMILES string of the molecule is CC/C=C\C/C=C\C/C=C\CCCCCCCC(=O)OC(COC(=O)CCCCCCCCCCCCCCCCCCCCC/C=C\CCCCCCCCCC)COP(=O)([O-])OCC[N+](C)(C)C. The molecule has 0 aromatic heterocycles. The number of quaternary nitrogens is 1. The highest BCUT2D eigenvalue weighted by Crippen LogP contribution is 2.38. The summed E-state index contributed by atoms with van der Waals surface area (Å²) in [6.45, 7) is 4.13. The van der Waals surface area contributed by atoms with Gasteiger partial charge in [0.15, 0.2) is 6.10 Å². The first-order valence-electron chi connectivity index (χ1n) is 29.3.